The number of aryl methyl sites for hydroxylation is 2. The minimum Gasteiger partial charge on any atom is -0.480 e. The lowest BCUT2D eigenvalue weighted by molar-refractivity contribution is -0.142. The number of nitrogens with one attached hydrogen (secondary N) is 1. The number of hydrogen-bond acceptors (Lipinski definition) is 3. The topological polar surface area (TPSA) is 84.2 Å². The van der Waals surface area contributed by atoms with Crippen molar-refractivity contribution < 1.29 is 14.7 Å². The molecule has 0 aliphatic heterocycles. The lowest BCUT2D eigenvalue weighted by Crippen LogP contribution is -2.41. The van der Waals surface area contributed by atoms with Gasteiger partial charge < -0.3 is 10.4 Å². The summed E-state index contributed by atoms with van der Waals surface area (Å²) >= 11 is 0. The van der Waals surface area contributed by atoms with Crippen molar-refractivity contribution in [2.75, 3.05) is 0 Å². The van der Waals surface area contributed by atoms with E-state index in [2.05, 4.69) is 17.0 Å². The number of carbonyl (C=O) groups excluding carboxylic acids is 1. The number of nitrogens with zero attached hydrogens (tertiary/aromatic N) is 2. The molecule has 1 heterocycles. The summed E-state index contributed by atoms with van der Waals surface area (Å²) in [4.78, 5) is 23.1. The minimum absolute atomic E-state index is 0.118. The van der Waals surface area contributed by atoms with Crippen LogP contribution >= 0.6 is 0 Å². The number of aromatic nitrogens is 2. The van der Waals surface area contributed by atoms with Crippen molar-refractivity contribution in [3.63, 3.8) is 0 Å². The molecule has 6 heteroatoms. The van der Waals surface area contributed by atoms with Gasteiger partial charge in [0.05, 0.1) is 11.7 Å². The summed E-state index contributed by atoms with van der Waals surface area (Å²) in [6.07, 6.45) is 2.73. The molecule has 0 saturated carbocycles. The number of allylic oxidation sites excluding steroid dienone is 1. The van der Waals surface area contributed by atoms with Gasteiger partial charge in [-0.2, -0.15) is 5.10 Å². The Kier molecular flexibility index (Phi) is 6.14. The molecular formula is C15H23N3O3. The maximum Gasteiger partial charge on any atom is 0.326 e. The van der Waals surface area contributed by atoms with Gasteiger partial charge >= 0.3 is 5.97 Å². The normalized spacial score (nSPS) is 13.5. The van der Waals surface area contributed by atoms with Crippen LogP contribution in [0.2, 0.25) is 0 Å². The standard InChI is InChI=1S/C15H23N3O3/c1-5-6-7-13(15(20)21)16-14(19)9-12(4)18-11(3)8-10(2)17-18/h5,8,12-13H,1,6-7,9H2,2-4H3,(H,16,19)(H,20,21). The molecule has 2 N–H and O–H groups in total. The molecule has 1 aromatic rings. The van der Waals surface area contributed by atoms with Crippen molar-refractivity contribution in [1.82, 2.24) is 15.1 Å². The van der Waals surface area contributed by atoms with Crippen LogP contribution in [-0.2, 0) is 9.59 Å². The second kappa shape index (κ2) is 7.61. The number of rotatable bonds is 8. The van der Waals surface area contributed by atoms with Crippen LogP contribution in [0.15, 0.2) is 18.7 Å². The van der Waals surface area contributed by atoms with E-state index in [4.69, 9.17) is 5.11 Å². The summed E-state index contributed by atoms with van der Waals surface area (Å²) in [5.74, 6) is -1.31. The third-order valence-corrected chi connectivity index (χ3v) is 3.24. The molecule has 0 fully saturated rings. The summed E-state index contributed by atoms with van der Waals surface area (Å²) in [5.41, 5.74) is 1.88. The molecule has 1 aromatic heterocycles. The number of carboxylic acid groups (broad SMARTS) is 1. The molecular weight excluding hydrogens is 270 g/mol. The highest BCUT2D eigenvalue weighted by Crippen LogP contribution is 2.14. The summed E-state index contributed by atoms with van der Waals surface area (Å²) in [7, 11) is 0. The average Bonchev–Trinajstić information content (AvgIpc) is 2.73. The van der Waals surface area contributed by atoms with Crippen molar-refractivity contribution in [3.8, 4) is 0 Å². The highest BCUT2D eigenvalue weighted by Gasteiger charge is 2.21. The fourth-order valence-electron chi connectivity index (χ4n) is 2.24. The van der Waals surface area contributed by atoms with Crippen molar-refractivity contribution in [3.05, 3.63) is 30.1 Å². The number of carbonyl (C=O) groups is 2. The highest BCUT2D eigenvalue weighted by molar-refractivity contribution is 5.83. The predicted molar refractivity (Wildman–Crippen MR) is 80.0 cm³/mol. The average molecular weight is 293 g/mol. The van der Waals surface area contributed by atoms with Gasteiger partial charge in [0, 0.05) is 12.1 Å². The van der Waals surface area contributed by atoms with E-state index in [9.17, 15) is 9.59 Å². The van der Waals surface area contributed by atoms with Crippen molar-refractivity contribution in [1.29, 1.82) is 0 Å². The van der Waals surface area contributed by atoms with Gasteiger partial charge in [0.1, 0.15) is 6.04 Å². The Bertz CT molecular complexity index is 522. The van der Waals surface area contributed by atoms with Crippen LogP contribution in [-0.4, -0.2) is 32.8 Å². The number of aliphatic carboxylic acids is 1. The lowest BCUT2D eigenvalue weighted by atomic mass is 10.1. The Morgan fingerprint density at radius 3 is 2.67 bits per heavy atom. The van der Waals surface area contributed by atoms with Gasteiger partial charge in [-0.05, 0) is 39.7 Å². The molecule has 0 radical (unpaired) electrons. The number of carboxylic acids is 1. The van der Waals surface area contributed by atoms with Crippen molar-refractivity contribution >= 4 is 11.9 Å². The first-order valence-electron chi connectivity index (χ1n) is 7.01. The molecule has 0 bridgehead atoms. The summed E-state index contributed by atoms with van der Waals surface area (Å²) in [5, 5.41) is 16.0. The molecule has 0 aromatic carbocycles. The van der Waals surface area contributed by atoms with Gasteiger partial charge in [-0.1, -0.05) is 6.08 Å². The van der Waals surface area contributed by atoms with Crippen LogP contribution in [0.4, 0.5) is 0 Å². The first-order chi connectivity index (χ1) is 9.85. The van der Waals surface area contributed by atoms with E-state index in [0.717, 1.165) is 11.4 Å². The van der Waals surface area contributed by atoms with E-state index in [0.29, 0.717) is 12.8 Å². The highest BCUT2D eigenvalue weighted by atomic mass is 16.4. The van der Waals surface area contributed by atoms with Crippen molar-refractivity contribution in [2.45, 2.75) is 52.1 Å². The molecule has 0 aliphatic carbocycles. The van der Waals surface area contributed by atoms with Gasteiger partial charge in [0.15, 0.2) is 0 Å². The van der Waals surface area contributed by atoms with Crippen LogP contribution in [0.25, 0.3) is 0 Å². The SMILES string of the molecule is C=CCCC(NC(=O)CC(C)n1nc(C)cc1C)C(=O)O. The van der Waals surface area contributed by atoms with E-state index in [-0.39, 0.29) is 18.4 Å². The second-order valence-electron chi connectivity index (χ2n) is 5.25. The Morgan fingerprint density at radius 2 is 2.19 bits per heavy atom. The molecule has 2 atom stereocenters. The monoisotopic (exact) mass is 293 g/mol. The summed E-state index contributed by atoms with van der Waals surface area (Å²) in [6, 6.07) is 0.953. The minimum atomic E-state index is -1.02. The Morgan fingerprint density at radius 1 is 1.52 bits per heavy atom. The van der Waals surface area contributed by atoms with Crippen LogP contribution in [0.1, 0.15) is 43.6 Å². The van der Waals surface area contributed by atoms with E-state index >= 15 is 0 Å². The first kappa shape index (κ1) is 16.9. The van der Waals surface area contributed by atoms with E-state index in [1.165, 1.54) is 0 Å². The molecule has 0 aliphatic rings. The van der Waals surface area contributed by atoms with E-state index in [1.54, 1.807) is 10.8 Å². The van der Waals surface area contributed by atoms with Gasteiger partial charge in [-0.25, -0.2) is 4.79 Å². The van der Waals surface area contributed by atoms with Gasteiger partial charge in [0.25, 0.3) is 0 Å². The smallest absolute Gasteiger partial charge is 0.326 e. The quantitative estimate of drug-likeness (QED) is 0.718. The molecule has 1 amide bonds. The molecule has 0 spiro atoms. The molecule has 0 saturated heterocycles. The van der Waals surface area contributed by atoms with Gasteiger partial charge in [-0.15, -0.1) is 6.58 Å². The van der Waals surface area contributed by atoms with Gasteiger partial charge in [-0.3, -0.25) is 9.48 Å². The van der Waals surface area contributed by atoms with Crippen LogP contribution < -0.4 is 5.32 Å². The first-order valence-corrected chi connectivity index (χ1v) is 7.01. The Hall–Kier alpha value is -2.11. The fourth-order valence-corrected chi connectivity index (χ4v) is 2.24. The van der Waals surface area contributed by atoms with E-state index in [1.807, 2.05) is 26.8 Å². The zero-order valence-corrected chi connectivity index (χ0v) is 12.8. The molecule has 21 heavy (non-hydrogen) atoms. The molecule has 1 rings (SSSR count). The zero-order chi connectivity index (χ0) is 16.0. The third-order valence-electron chi connectivity index (χ3n) is 3.24. The van der Waals surface area contributed by atoms with E-state index < -0.39 is 12.0 Å². The number of hydrogen-bond donors (Lipinski definition) is 2. The molecule has 116 valence electrons. The third kappa shape index (κ3) is 5.06. The largest absolute Gasteiger partial charge is 0.480 e. The summed E-state index contributed by atoms with van der Waals surface area (Å²) in [6.45, 7) is 9.27. The lowest BCUT2D eigenvalue weighted by Gasteiger charge is -2.17. The maximum atomic E-state index is 12.0. The molecule has 2 unspecified atom stereocenters. The van der Waals surface area contributed by atoms with Crippen LogP contribution in [0, 0.1) is 13.8 Å². The van der Waals surface area contributed by atoms with Crippen LogP contribution in [0.3, 0.4) is 0 Å². The number of amides is 1. The second-order valence-corrected chi connectivity index (χ2v) is 5.25. The maximum absolute atomic E-state index is 12.0. The molecule has 6 nitrogen and oxygen atoms in total. The fraction of sp³-hybridized carbons (Fsp3) is 0.533. The Balaban J connectivity index is 2.61. The zero-order valence-electron chi connectivity index (χ0n) is 12.8. The predicted octanol–water partition coefficient (Wildman–Crippen LogP) is 1.99. The summed E-state index contributed by atoms with van der Waals surface area (Å²) < 4.78 is 1.79. The van der Waals surface area contributed by atoms with Crippen LogP contribution in [0.5, 0.6) is 0 Å². The van der Waals surface area contributed by atoms with Gasteiger partial charge in [0.2, 0.25) is 5.91 Å². The van der Waals surface area contributed by atoms with Crippen molar-refractivity contribution in [2.24, 2.45) is 0 Å². The Labute approximate surface area is 124 Å².